The van der Waals surface area contributed by atoms with Crippen molar-refractivity contribution in [3.05, 3.63) is 23.4 Å². The summed E-state index contributed by atoms with van der Waals surface area (Å²) in [4.78, 5) is 22.5. The first-order valence-electron chi connectivity index (χ1n) is 7.82. The number of hydrogen-bond acceptors (Lipinski definition) is 7. The van der Waals surface area contributed by atoms with Crippen molar-refractivity contribution < 1.29 is 13.9 Å². The lowest BCUT2D eigenvalue weighted by atomic mass is 10.1. The molecule has 0 amide bonds. The first kappa shape index (κ1) is 16.3. The van der Waals surface area contributed by atoms with E-state index in [2.05, 4.69) is 25.5 Å². The molecule has 1 aliphatic rings. The summed E-state index contributed by atoms with van der Waals surface area (Å²) in [5.41, 5.74) is 0.928. The molecule has 3 heterocycles. The van der Waals surface area contributed by atoms with Crippen molar-refractivity contribution >= 4 is 11.9 Å². The minimum atomic E-state index is -0.612. The summed E-state index contributed by atoms with van der Waals surface area (Å²) in [7, 11) is 0. The van der Waals surface area contributed by atoms with E-state index in [0.29, 0.717) is 17.2 Å². The summed E-state index contributed by atoms with van der Waals surface area (Å²) in [5, 5.41) is 9.88. The van der Waals surface area contributed by atoms with E-state index in [-0.39, 0.29) is 18.0 Å². The zero-order valence-electron chi connectivity index (χ0n) is 13.6. The van der Waals surface area contributed by atoms with E-state index in [1.807, 2.05) is 4.90 Å². The van der Waals surface area contributed by atoms with E-state index < -0.39 is 11.8 Å². The number of anilines is 1. The van der Waals surface area contributed by atoms with E-state index in [9.17, 15) is 9.18 Å². The normalized spacial score (nSPS) is 14.7. The number of carbonyl (C=O) groups excluding carboxylic acids is 1. The number of aromatic amines is 1. The van der Waals surface area contributed by atoms with E-state index in [1.54, 1.807) is 13.8 Å². The zero-order chi connectivity index (χ0) is 17.1. The van der Waals surface area contributed by atoms with Gasteiger partial charge in [0, 0.05) is 31.9 Å². The maximum atomic E-state index is 14.4. The van der Waals surface area contributed by atoms with Gasteiger partial charge in [0.1, 0.15) is 5.69 Å². The Labute approximate surface area is 138 Å². The van der Waals surface area contributed by atoms with E-state index in [4.69, 9.17) is 4.74 Å². The molecule has 0 saturated carbocycles. The number of hydrogen-bond donors (Lipinski definition) is 2. The van der Waals surface area contributed by atoms with Crippen LogP contribution in [0.5, 0.6) is 0 Å². The average molecular weight is 334 g/mol. The molecule has 0 radical (unpaired) electrons. The molecule has 2 aromatic heterocycles. The number of nitrogens with zero attached hydrogens (tertiary/aromatic N) is 4. The quantitative estimate of drug-likeness (QED) is 0.802. The molecule has 0 bridgehead atoms. The Balaban J connectivity index is 2.03. The zero-order valence-corrected chi connectivity index (χ0v) is 13.6. The standard InChI is InChI=1S/C15H19FN6O2/c1-3-24-14(23)13-11(9(2)20-21-13)12-10(16)8-18-15(19-12)22-6-4-17-5-7-22/h8,17H,3-7H2,1-2H3,(H,20,21). The molecule has 0 atom stereocenters. The molecular weight excluding hydrogens is 315 g/mol. The van der Waals surface area contributed by atoms with Gasteiger partial charge in [-0.3, -0.25) is 5.10 Å². The Morgan fingerprint density at radius 3 is 2.88 bits per heavy atom. The van der Waals surface area contributed by atoms with E-state index in [0.717, 1.165) is 32.4 Å². The fourth-order valence-electron chi connectivity index (χ4n) is 2.62. The predicted octanol–water partition coefficient (Wildman–Crippen LogP) is 0.901. The summed E-state index contributed by atoms with van der Waals surface area (Å²) < 4.78 is 19.3. The predicted molar refractivity (Wildman–Crippen MR) is 85.3 cm³/mol. The summed E-state index contributed by atoms with van der Waals surface area (Å²) in [6.07, 6.45) is 1.13. The first-order valence-corrected chi connectivity index (χ1v) is 7.82. The Morgan fingerprint density at radius 2 is 2.17 bits per heavy atom. The number of piperazine rings is 1. The summed E-state index contributed by atoms with van der Waals surface area (Å²) in [6.45, 7) is 6.72. The largest absolute Gasteiger partial charge is 0.461 e. The number of rotatable bonds is 4. The van der Waals surface area contributed by atoms with Crippen molar-refractivity contribution in [1.82, 2.24) is 25.5 Å². The second-order valence-electron chi connectivity index (χ2n) is 5.40. The molecule has 128 valence electrons. The monoisotopic (exact) mass is 334 g/mol. The average Bonchev–Trinajstić information content (AvgIpc) is 2.98. The molecule has 2 aromatic rings. The van der Waals surface area contributed by atoms with Crippen LogP contribution in [0.3, 0.4) is 0 Å². The second-order valence-corrected chi connectivity index (χ2v) is 5.40. The minimum Gasteiger partial charge on any atom is -0.461 e. The van der Waals surface area contributed by atoms with Crippen LogP contribution in [-0.4, -0.2) is 58.9 Å². The molecule has 0 spiro atoms. The molecule has 3 rings (SSSR count). The third kappa shape index (κ3) is 3.07. The van der Waals surface area contributed by atoms with Crippen molar-refractivity contribution in [2.75, 3.05) is 37.7 Å². The van der Waals surface area contributed by atoms with Gasteiger partial charge in [-0.1, -0.05) is 0 Å². The fourth-order valence-corrected chi connectivity index (χ4v) is 2.62. The van der Waals surface area contributed by atoms with Crippen LogP contribution in [-0.2, 0) is 4.74 Å². The number of carbonyl (C=O) groups is 1. The lowest BCUT2D eigenvalue weighted by Crippen LogP contribution is -2.44. The maximum Gasteiger partial charge on any atom is 0.359 e. The molecular formula is C15H19FN6O2. The molecule has 1 saturated heterocycles. The van der Waals surface area contributed by atoms with Gasteiger partial charge in [-0.15, -0.1) is 0 Å². The highest BCUT2D eigenvalue weighted by Crippen LogP contribution is 2.28. The molecule has 0 aromatic carbocycles. The number of nitrogens with one attached hydrogen (secondary N) is 2. The van der Waals surface area contributed by atoms with Crippen LogP contribution >= 0.6 is 0 Å². The van der Waals surface area contributed by atoms with Gasteiger partial charge in [0.2, 0.25) is 5.95 Å². The van der Waals surface area contributed by atoms with E-state index >= 15 is 0 Å². The van der Waals surface area contributed by atoms with Crippen molar-refractivity contribution in [3.8, 4) is 11.3 Å². The molecule has 1 aliphatic heterocycles. The van der Waals surface area contributed by atoms with E-state index in [1.165, 1.54) is 0 Å². The number of halogens is 1. The van der Waals surface area contributed by atoms with Gasteiger partial charge >= 0.3 is 5.97 Å². The van der Waals surface area contributed by atoms with Gasteiger partial charge in [-0.25, -0.2) is 19.2 Å². The molecule has 8 nitrogen and oxygen atoms in total. The Bertz CT molecular complexity index is 742. The third-order valence-electron chi connectivity index (χ3n) is 3.78. The summed E-state index contributed by atoms with van der Waals surface area (Å²) in [5.74, 6) is -0.786. The van der Waals surface area contributed by atoms with Crippen molar-refractivity contribution in [2.45, 2.75) is 13.8 Å². The highest BCUT2D eigenvalue weighted by Gasteiger charge is 2.25. The second kappa shape index (κ2) is 6.91. The number of H-pyrrole nitrogens is 1. The Morgan fingerprint density at radius 1 is 1.42 bits per heavy atom. The Kier molecular flexibility index (Phi) is 4.70. The van der Waals surface area contributed by atoms with Gasteiger partial charge in [0.15, 0.2) is 11.5 Å². The van der Waals surface area contributed by atoms with Crippen LogP contribution in [0.15, 0.2) is 6.20 Å². The van der Waals surface area contributed by atoms with Crippen LogP contribution in [0, 0.1) is 12.7 Å². The SMILES string of the molecule is CCOC(=O)c1n[nH]c(C)c1-c1nc(N2CCNCC2)ncc1F. The maximum absolute atomic E-state index is 14.4. The van der Waals surface area contributed by atoms with Crippen LogP contribution in [0.4, 0.5) is 10.3 Å². The van der Waals surface area contributed by atoms with Gasteiger partial charge in [-0.2, -0.15) is 5.10 Å². The summed E-state index contributed by atoms with van der Waals surface area (Å²) in [6, 6.07) is 0. The van der Waals surface area contributed by atoms with Crippen LogP contribution < -0.4 is 10.2 Å². The molecule has 0 unspecified atom stereocenters. The van der Waals surface area contributed by atoms with Crippen molar-refractivity contribution in [1.29, 1.82) is 0 Å². The minimum absolute atomic E-state index is 0.0261. The highest BCUT2D eigenvalue weighted by atomic mass is 19.1. The van der Waals surface area contributed by atoms with Crippen molar-refractivity contribution in [3.63, 3.8) is 0 Å². The molecule has 0 aliphatic carbocycles. The number of aryl methyl sites for hydroxylation is 1. The number of esters is 1. The number of aromatic nitrogens is 4. The fraction of sp³-hybridized carbons (Fsp3) is 0.467. The lowest BCUT2D eigenvalue weighted by Gasteiger charge is -2.27. The topological polar surface area (TPSA) is 96.0 Å². The smallest absolute Gasteiger partial charge is 0.359 e. The number of ether oxygens (including phenoxy) is 1. The first-order chi connectivity index (χ1) is 11.6. The highest BCUT2D eigenvalue weighted by molar-refractivity contribution is 5.95. The van der Waals surface area contributed by atoms with Gasteiger partial charge in [-0.05, 0) is 13.8 Å². The van der Waals surface area contributed by atoms with Gasteiger partial charge < -0.3 is 15.0 Å². The summed E-state index contributed by atoms with van der Waals surface area (Å²) >= 11 is 0. The lowest BCUT2D eigenvalue weighted by molar-refractivity contribution is 0.0520. The van der Waals surface area contributed by atoms with Crippen LogP contribution in [0.2, 0.25) is 0 Å². The van der Waals surface area contributed by atoms with Gasteiger partial charge in [0.05, 0.1) is 18.4 Å². The van der Waals surface area contributed by atoms with Crippen LogP contribution in [0.25, 0.3) is 11.3 Å². The molecule has 1 fully saturated rings. The molecule has 24 heavy (non-hydrogen) atoms. The van der Waals surface area contributed by atoms with Crippen molar-refractivity contribution in [2.24, 2.45) is 0 Å². The third-order valence-corrected chi connectivity index (χ3v) is 3.78. The van der Waals surface area contributed by atoms with Crippen LogP contribution in [0.1, 0.15) is 23.1 Å². The Hall–Kier alpha value is -2.55. The molecule has 2 N–H and O–H groups in total. The molecule has 9 heteroatoms. The van der Waals surface area contributed by atoms with Gasteiger partial charge in [0.25, 0.3) is 0 Å².